The molecule has 3 aromatic rings. The van der Waals surface area contributed by atoms with Crippen LogP contribution >= 0.6 is 11.6 Å². The molecule has 0 aliphatic heterocycles. The fourth-order valence-corrected chi connectivity index (χ4v) is 2.48. The lowest BCUT2D eigenvalue weighted by molar-refractivity contribution is 0.0785. The maximum atomic E-state index is 12.5. The van der Waals surface area contributed by atoms with Gasteiger partial charge in [-0.1, -0.05) is 29.8 Å². The molecular weight excluding hydrogens is 286 g/mol. The fourth-order valence-electron chi connectivity index (χ4n) is 2.27. The van der Waals surface area contributed by atoms with Crippen LogP contribution in [0.25, 0.3) is 10.9 Å². The number of rotatable bonds is 3. The van der Waals surface area contributed by atoms with Gasteiger partial charge in [-0.2, -0.15) is 5.10 Å². The highest BCUT2D eigenvalue weighted by molar-refractivity contribution is 6.30. The van der Waals surface area contributed by atoms with Crippen molar-refractivity contribution in [2.24, 2.45) is 0 Å². The summed E-state index contributed by atoms with van der Waals surface area (Å²) >= 11 is 5.96. The van der Waals surface area contributed by atoms with Gasteiger partial charge in [0.15, 0.2) is 0 Å². The molecule has 5 heteroatoms. The average molecular weight is 300 g/mol. The second-order valence-electron chi connectivity index (χ2n) is 4.96. The van der Waals surface area contributed by atoms with Crippen molar-refractivity contribution < 1.29 is 4.79 Å². The Morgan fingerprint density at radius 2 is 2.14 bits per heavy atom. The van der Waals surface area contributed by atoms with Crippen LogP contribution in [0.3, 0.4) is 0 Å². The Morgan fingerprint density at radius 3 is 2.95 bits per heavy atom. The Morgan fingerprint density at radius 1 is 1.29 bits per heavy atom. The third-order valence-electron chi connectivity index (χ3n) is 3.34. The summed E-state index contributed by atoms with van der Waals surface area (Å²) in [6.07, 6.45) is 1.74. The molecule has 1 heterocycles. The van der Waals surface area contributed by atoms with Gasteiger partial charge in [0, 0.05) is 29.6 Å². The number of aromatic nitrogens is 2. The Labute approximate surface area is 127 Å². The predicted molar refractivity (Wildman–Crippen MR) is 83.3 cm³/mol. The predicted octanol–water partition coefficient (Wildman–Crippen LogP) is 3.49. The van der Waals surface area contributed by atoms with Crippen molar-refractivity contribution in [3.8, 4) is 0 Å². The van der Waals surface area contributed by atoms with E-state index in [1.165, 1.54) is 0 Å². The lowest BCUT2D eigenvalue weighted by Gasteiger charge is -2.17. The van der Waals surface area contributed by atoms with Gasteiger partial charge in [-0.25, -0.2) is 0 Å². The van der Waals surface area contributed by atoms with E-state index in [1.54, 1.807) is 18.1 Å². The number of carbonyl (C=O) groups excluding carboxylic acids is 1. The summed E-state index contributed by atoms with van der Waals surface area (Å²) in [5, 5.41) is 8.50. The Balaban J connectivity index is 1.80. The van der Waals surface area contributed by atoms with Crippen LogP contribution in [0.1, 0.15) is 15.9 Å². The number of benzene rings is 2. The highest BCUT2D eigenvalue weighted by Gasteiger charge is 2.13. The zero-order chi connectivity index (χ0) is 14.8. The van der Waals surface area contributed by atoms with Gasteiger partial charge < -0.3 is 4.90 Å². The molecule has 0 unspecified atom stereocenters. The Bertz CT molecular complexity index is 797. The summed E-state index contributed by atoms with van der Waals surface area (Å²) in [6.45, 7) is 0.514. The first-order chi connectivity index (χ1) is 10.1. The van der Waals surface area contributed by atoms with Crippen molar-refractivity contribution in [2.45, 2.75) is 6.54 Å². The largest absolute Gasteiger partial charge is 0.337 e. The van der Waals surface area contributed by atoms with Crippen LogP contribution in [0.2, 0.25) is 5.02 Å². The van der Waals surface area contributed by atoms with E-state index >= 15 is 0 Å². The van der Waals surface area contributed by atoms with Crippen molar-refractivity contribution >= 4 is 28.4 Å². The summed E-state index contributed by atoms with van der Waals surface area (Å²) in [5.74, 6) is -0.0357. The molecular formula is C16H14ClN3O. The number of nitrogens with one attached hydrogen (secondary N) is 1. The first-order valence-corrected chi connectivity index (χ1v) is 6.94. The maximum absolute atomic E-state index is 12.5. The molecule has 0 saturated heterocycles. The SMILES string of the molecule is CN(Cc1cccc(Cl)c1)C(=O)c1ccc2cn[nH]c2c1. The molecule has 0 aliphatic rings. The highest BCUT2D eigenvalue weighted by atomic mass is 35.5. The molecule has 0 fully saturated rings. The number of nitrogens with zero attached hydrogens (tertiary/aromatic N) is 2. The number of carbonyl (C=O) groups is 1. The molecule has 0 saturated carbocycles. The summed E-state index contributed by atoms with van der Waals surface area (Å²) in [4.78, 5) is 14.1. The van der Waals surface area contributed by atoms with Gasteiger partial charge in [-0.3, -0.25) is 9.89 Å². The van der Waals surface area contributed by atoms with Gasteiger partial charge in [-0.15, -0.1) is 0 Å². The minimum Gasteiger partial charge on any atom is -0.337 e. The van der Waals surface area contributed by atoms with Crippen LogP contribution in [0, 0.1) is 0 Å². The van der Waals surface area contributed by atoms with E-state index in [0.29, 0.717) is 17.1 Å². The molecule has 4 nitrogen and oxygen atoms in total. The van der Waals surface area contributed by atoms with E-state index in [0.717, 1.165) is 16.5 Å². The number of amides is 1. The van der Waals surface area contributed by atoms with Crippen molar-refractivity contribution in [3.05, 3.63) is 64.8 Å². The second-order valence-corrected chi connectivity index (χ2v) is 5.40. The second kappa shape index (κ2) is 5.58. The number of hydrogen-bond acceptors (Lipinski definition) is 2. The number of hydrogen-bond donors (Lipinski definition) is 1. The lowest BCUT2D eigenvalue weighted by atomic mass is 10.1. The molecule has 3 rings (SSSR count). The topological polar surface area (TPSA) is 49.0 Å². The molecule has 0 spiro atoms. The third kappa shape index (κ3) is 2.90. The lowest BCUT2D eigenvalue weighted by Crippen LogP contribution is -2.26. The van der Waals surface area contributed by atoms with E-state index in [-0.39, 0.29) is 5.91 Å². The van der Waals surface area contributed by atoms with Gasteiger partial charge in [-0.05, 0) is 29.8 Å². The van der Waals surface area contributed by atoms with Crippen LogP contribution in [0.15, 0.2) is 48.7 Å². The first kappa shape index (κ1) is 13.6. The van der Waals surface area contributed by atoms with Crippen molar-refractivity contribution in [2.75, 3.05) is 7.05 Å². The van der Waals surface area contributed by atoms with Gasteiger partial charge >= 0.3 is 0 Å². The molecule has 0 atom stereocenters. The normalized spacial score (nSPS) is 10.8. The van der Waals surface area contributed by atoms with E-state index in [9.17, 15) is 4.79 Å². The zero-order valence-electron chi connectivity index (χ0n) is 11.5. The van der Waals surface area contributed by atoms with E-state index in [2.05, 4.69) is 10.2 Å². The van der Waals surface area contributed by atoms with Crippen molar-refractivity contribution in [1.29, 1.82) is 0 Å². The number of H-pyrrole nitrogens is 1. The van der Waals surface area contributed by atoms with Crippen molar-refractivity contribution in [3.63, 3.8) is 0 Å². The molecule has 1 amide bonds. The van der Waals surface area contributed by atoms with Crippen LogP contribution in [0.4, 0.5) is 0 Å². The maximum Gasteiger partial charge on any atom is 0.253 e. The molecule has 21 heavy (non-hydrogen) atoms. The van der Waals surface area contributed by atoms with Crippen molar-refractivity contribution in [1.82, 2.24) is 15.1 Å². The number of fused-ring (bicyclic) bond motifs is 1. The Kier molecular flexibility index (Phi) is 3.62. The van der Waals surface area contributed by atoms with Gasteiger partial charge in [0.2, 0.25) is 0 Å². The monoisotopic (exact) mass is 299 g/mol. The fraction of sp³-hybridized carbons (Fsp3) is 0.125. The minimum atomic E-state index is -0.0357. The van der Waals surface area contributed by atoms with E-state index in [1.807, 2.05) is 42.5 Å². The molecule has 2 aromatic carbocycles. The number of halogens is 1. The average Bonchev–Trinajstić information content (AvgIpc) is 2.93. The summed E-state index contributed by atoms with van der Waals surface area (Å²) in [6, 6.07) is 13.0. The molecule has 0 aliphatic carbocycles. The van der Waals surface area contributed by atoms with E-state index in [4.69, 9.17) is 11.6 Å². The molecule has 106 valence electrons. The van der Waals surface area contributed by atoms with Crippen LogP contribution < -0.4 is 0 Å². The van der Waals surface area contributed by atoms with Crippen LogP contribution in [-0.4, -0.2) is 28.1 Å². The quantitative estimate of drug-likeness (QED) is 0.805. The summed E-state index contributed by atoms with van der Waals surface area (Å²) in [7, 11) is 1.78. The van der Waals surface area contributed by atoms with Gasteiger partial charge in [0.05, 0.1) is 11.7 Å². The summed E-state index contributed by atoms with van der Waals surface area (Å²) < 4.78 is 0. The first-order valence-electron chi connectivity index (χ1n) is 6.56. The summed E-state index contributed by atoms with van der Waals surface area (Å²) in [5.41, 5.74) is 2.49. The molecule has 0 bridgehead atoms. The molecule has 0 radical (unpaired) electrons. The van der Waals surface area contributed by atoms with Crippen LogP contribution in [0.5, 0.6) is 0 Å². The highest BCUT2D eigenvalue weighted by Crippen LogP contribution is 2.16. The number of aromatic amines is 1. The molecule has 1 N–H and O–H groups in total. The standard InChI is InChI=1S/C16H14ClN3O/c1-20(10-11-3-2-4-14(17)7-11)16(21)12-5-6-13-9-18-19-15(13)8-12/h2-9H,10H2,1H3,(H,18,19). The smallest absolute Gasteiger partial charge is 0.253 e. The van der Waals surface area contributed by atoms with Gasteiger partial charge in [0.25, 0.3) is 5.91 Å². The van der Waals surface area contributed by atoms with Gasteiger partial charge in [0.1, 0.15) is 0 Å². The zero-order valence-corrected chi connectivity index (χ0v) is 12.3. The van der Waals surface area contributed by atoms with E-state index < -0.39 is 0 Å². The van der Waals surface area contributed by atoms with Crippen LogP contribution in [-0.2, 0) is 6.54 Å². The molecule has 1 aromatic heterocycles. The third-order valence-corrected chi connectivity index (χ3v) is 3.58. The minimum absolute atomic E-state index is 0.0357. The Hall–Kier alpha value is -2.33.